The van der Waals surface area contributed by atoms with Gasteiger partial charge in [-0.2, -0.15) is 0 Å². The van der Waals surface area contributed by atoms with Crippen LogP contribution in [0.1, 0.15) is 74.9 Å². The molecule has 12 aromatic carbocycles. The topological polar surface area (TPSA) is 16.4 Å². The summed E-state index contributed by atoms with van der Waals surface area (Å²) in [6.45, 7) is 14.3. The second-order valence-electron chi connectivity index (χ2n) is 23.6. The lowest BCUT2D eigenvalue weighted by atomic mass is 9.80. The third kappa shape index (κ3) is 6.07. The van der Waals surface area contributed by atoms with Crippen LogP contribution >= 0.6 is 0 Å². The zero-order valence-corrected chi connectivity index (χ0v) is 44.2. The Bertz CT molecular complexity index is 4630. The number of furan rings is 1. The molecular weight excluding hydrogens is 931 g/mol. The predicted octanol–water partition coefficient (Wildman–Crippen LogP) is 20.7. The lowest BCUT2D eigenvalue weighted by Crippen LogP contribution is -2.18. The molecule has 0 atom stereocenters. The van der Waals surface area contributed by atoms with Gasteiger partial charge >= 0.3 is 0 Å². The summed E-state index contributed by atoms with van der Waals surface area (Å²) in [4.78, 5) is 2.55. The van der Waals surface area contributed by atoms with E-state index in [2.05, 4.69) is 271 Å². The van der Waals surface area contributed by atoms with Crippen molar-refractivity contribution in [2.75, 3.05) is 4.90 Å². The summed E-state index contributed by atoms with van der Waals surface area (Å²) in [7, 11) is 0. The molecule has 3 aliphatic rings. The maximum Gasteiger partial charge on any atom is 0.143 e. The highest BCUT2D eigenvalue weighted by Gasteiger charge is 2.41. The van der Waals surface area contributed by atoms with Crippen LogP contribution in [0.5, 0.6) is 0 Å². The lowest BCUT2D eigenvalue weighted by Gasteiger charge is -2.31. The Kier molecular flexibility index (Phi) is 8.96. The van der Waals surface area contributed by atoms with Crippen LogP contribution in [0, 0.1) is 0 Å². The van der Waals surface area contributed by atoms with Crippen molar-refractivity contribution in [1.82, 2.24) is 0 Å². The molecule has 0 spiro atoms. The highest BCUT2D eigenvalue weighted by molar-refractivity contribution is 6.34. The zero-order chi connectivity index (χ0) is 51.7. The Morgan fingerprint density at radius 3 is 1.56 bits per heavy atom. The van der Waals surface area contributed by atoms with Crippen LogP contribution in [0.2, 0.25) is 0 Å². The van der Waals surface area contributed by atoms with Crippen LogP contribution in [0.15, 0.2) is 229 Å². The smallest absolute Gasteiger partial charge is 0.143 e. The minimum atomic E-state index is -0.277. The fourth-order valence-corrected chi connectivity index (χ4v) is 14.5. The molecular formula is C75H55NO. The van der Waals surface area contributed by atoms with Crippen molar-refractivity contribution in [3.05, 3.63) is 258 Å². The summed E-state index contributed by atoms with van der Waals surface area (Å²) in [5.74, 6) is 0. The Balaban J connectivity index is 0.905. The standard InChI is InChI=1S/C75H55NO/c1-73(2)61-25-15-13-22-52(61)54-35-33-50(41-64(54)73)76(67-40-48(45-20-11-8-12-21-45)39-66-69(67)57-34-30-47(38-63(57)75(66,5)6)44-18-9-7-10-19-44)49-31-28-46(29-32-49)51-36-37-56-58-42-60-53-23-14-16-26-62(53)74(3,4)65(60)43-59(58)55-24-17-27-68-70(55)71(56)72(51)77-68/h7-43H,1-6H3. The van der Waals surface area contributed by atoms with Gasteiger partial charge in [-0.05, 0) is 177 Å². The highest BCUT2D eigenvalue weighted by Crippen LogP contribution is 2.59. The van der Waals surface area contributed by atoms with Gasteiger partial charge in [0.25, 0.3) is 0 Å². The SMILES string of the molecule is CC1(C)c2ccccc2-c2ccc(N(c3ccc(-c4ccc5c6cc7c(cc6c6cccc8oc4c5c86)C(C)(C)c4ccccc4-7)cc3)c3cc(-c4ccccc4)cc4c3-c3ccc(-c5ccccc5)cc3C4(C)C)cc21. The average molecular weight is 986 g/mol. The minimum Gasteiger partial charge on any atom is -0.455 e. The van der Waals surface area contributed by atoms with Gasteiger partial charge in [-0.25, -0.2) is 0 Å². The van der Waals surface area contributed by atoms with Crippen molar-refractivity contribution in [3.8, 4) is 66.8 Å². The van der Waals surface area contributed by atoms with Crippen molar-refractivity contribution in [2.45, 2.75) is 57.8 Å². The molecule has 13 aromatic rings. The van der Waals surface area contributed by atoms with Crippen LogP contribution in [0.25, 0.3) is 110 Å². The Labute approximate surface area is 449 Å². The molecule has 2 heteroatoms. The van der Waals surface area contributed by atoms with E-state index in [1.807, 2.05) is 0 Å². The second-order valence-corrected chi connectivity index (χ2v) is 23.6. The number of nitrogens with zero attached hydrogens (tertiary/aromatic N) is 1. The number of benzene rings is 12. The zero-order valence-electron chi connectivity index (χ0n) is 44.2. The molecule has 16 rings (SSSR count). The third-order valence-electron chi connectivity index (χ3n) is 18.4. The molecule has 1 aromatic heterocycles. The molecule has 0 aliphatic heterocycles. The molecule has 1 heterocycles. The summed E-state index contributed by atoms with van der Waals surface area (Å²) in [5, 5.41) is 7.43. The van der Waals surface area contributed by atoms with Gasteiger partial charge in [0, 0.05) is 49.5 Å². The molecule has 0 amide bonds. The Morgan fingerprint density at radius 2 is 0.831 bits per heavy atom. The van der Waals surface area contributed by atoms with E-state index in [0.29, 0.717) is 0 Å². The molecule has 0 radical (unpaired) electrons. The van der Waals surface area contributed by atoms with Crippen LogP contribution in [0.4, 0.5) is 17.1 Å². The van der Waals surface area contributed by atoms with E-state index < -0.39 is 0 Å². The molecule has 0 fully saturated rings. The van der Waals surface area contributed by atoms with Gasteiger partial charge in [0.05, 0.1) is 5.69 Å². The maximum absolute atomic E-state index is 7.06. The van der Waals surface area contributed by atoms with Crippen molar-refractivity contribution < 1.29 is 4.42 Å². The van der Waals surface area contributed by atoms with E-state index in [0.717, 1.165) is 39.4 Å². The van der Waals surface area contributed by atoms with Crippen molar-refractivity contribution in [3.63, 3.8) is 0 Å². The number of fused-ring (bicyclic) bond motifs is 12. The number of hydrogen-bond donors (Lipinski definition) is 0. The molecule has 77 heavy (non-hydrogen) atoms. The monoisotopic (exact) mass is 985 g/mol. The third-order valence-corrected chi connectivity index (χ3v) is 18.4. The van der Waals surface area contributed by atoms with Crippen molar-refractivity contribution >= 4 is 60.5 Å². The summed E-state index contributed by atoms with van der Waals surface area (Å²) >= 11 is 0. The van der Waals surface area contributed by atoms with Gasteiger partial charge < -0.3 is 9.32 Å². The van der Waals surface area contributed by atoms with Gasteiger partial charge in [-0.15, -0.1) is 0 Å². The number of rotatable bonds is 6. The molecule has 0 N–H and O–H groups in total. The fourth-order valence-electron chi connectivity index (χ4n) is 14.5. The van der Waals surface area contributed by atoms with E-state index >= 15 is 0 Å². The summed E-state index contributed by atoms with van der Waals surface area (Å²) in [6.07, 6.45) is 0. The van der Waals surface area contributed by atoms with E-state index in [4.69, 9.17) is 4.42 Å². The molecule has 0 saturated carbocycles. The van der Waals surface area contributed by atoms with Crippen LogP contribution in [-0.2, 0) is 16.2 Å². The first-order chi connectivity index (χ1) is 37.4. The Morgan fingerprint density at radius 1 is 0.299 bits per heavy atom. The van der Waals surface area contributed by atoms with Gasteiger partial charge in [0.1, 0.15) is 11.2 Å². The molecule has 0 unspecified atom stereocenters. The molecule has 0 saturated heterocycles. The predicted molar refractivity (Wildman–Crippen MR) is 324 cm³/mol. The van der Waals surface area contributed by atoms with Crippen LogP contribution in [0.3, 0.4) is 0 Å². The van der Waals surface area contributed by atoms with Crippen LogP contribution in [-0.4, -0.2) is 0 Å². The normalized spacial score (nSPS) is 14.9. The number of hydrogen-bond acceptors (Lipinski definition) is 2. The first-order valence-electron chi connectivity index (χ1n) is 27.3. The quantitative estimate of drug-likeness (QED) is 0.154. The summed E-state index contributed by atoms with van der Waals surface area (Å²) in [6, 6.07) is 84.4. The lowest BCUT2D eigenvalue weighted by molar-refractivity contribution is 0.660. The van der Waals surface area contributed by atoms with Crippen LogP contribution < -0.4 is 4.90 Å². The maximum atomic E-state index is 7.06. The summed E-state index contributed by atoms with van der Waals surface area (Å²) < 4.78 is 7.06. The minimum absolute atomic E-state index is 0.0894. The molecule has 3 aliphatic carbocycles. The van der Waals surface area contributed by atoms with E-state index in [1.54, 1.807) is 0 Å². The average Bonchev–Trinajstić information content (AvgIpc) is 4.13. The van der Waals surface area contributed by atoms with E-state index in [9.17, 15) is 0 Å². The second kappa shape index (κ2) is 15.6. The fraction of sp³-hybridized carbons (Fsp3) is 0.120. The summed E-state index contributed by atoms with van der Waals surface area (Å²) in [5.41, 5.74) is 27.8. The Hall–Kier alpha value is -8.98. The van der Waals surface area contributed by atoms with Gasteiger partial charge in [-0.3, -0.25) is 0 Å². The van der Waals surface area contributed by atoms with Crippen molar-refractivity contribution in [1.29, 1.82) is 0 Å². The van der Waals surface area contributed by atoms with Gasteiger partial charge in [0.15, 0.2) is 0 Å². The number of anilines is 3. The molecule has 2 nitrogen and oxygen atoms in total. The largest absolute Gasteiger partial charge is 0.455 e. The van der Waals surface area contributed by atoms with Crippen molar-refractivity contribution in [2.24, 2.45) is 0 Å². The first-order valence-corrected chi connectivity index (χ1v) is 27.3. The van der Waals surface area contributed by atoms with E-state index in [1.165, 1.54) is 121 Å². The first kappa shape index (κ1) is 44.3. The van der Waals surface area contributed by atoms with E-state index in [-0.39, 0.29) is 16.2 Å². The molecule has 366 valence electrons. The highest BCUT2D eigenvalue weighted by atomic mass is 16.3. The van der Waals surface area contributed by atoms with Gasteiger partial charge in [-0.1, -0.05) is 199 Å². The molecule has 0 bridgehead atoms. The van der Waals surface area contributed by atoms with Gasteiger partial charge in [0.2, 0.25) is 0 Å².